The van der Waals surface area contributed by atoms with E-state index >= 15 is 0 Å². The molecule has 0 aromatic carbocycles. The highest BCUT2D eigenvalue weighted by molar-refractivity contribution is 6.25. The number of amidine groups is 1. The number of H-pyrrole nitrogens is 2. The van der Waals surface area contributed by atoms with Gasteiger partial charge in [-0.15, -0.1) is 0 Å². The van der Waals surface area contributed by atoms with Gasteiger partial charge in [0.1, 0.15) is 17.1 Å². The van der Waals surface area contributed by atoms with Gasteiger partial charge in [0.15, 0.2) is 0 Å². The summed E-state index contributed by atoms with van der Waals surface area (Å²) < 4.78 is 5.33. The molecule has 9 nitrogen and oxygen atoms in total. The van der Waals surface area contributed by atoms with E-state index in [4.69, 9.17) is 4.74 Å². The number of carbonyl (C=O) groups excluding carboxylic acids is 2. The van der Waals surface area contributed by atoms with Crippen LogP contribution in [0.2, 0.25) is 0 Å². The summed E-state index contributed by atoms with van der Waals surface area (Å²) in [5.74, 6) is -0.590. The van der Waals surface area contributed by atoms with Gasteiger partial charge in [0.25, 0.3) is 5.91 Å². The smallest absolute Gasteiger partial charge is 0.423 e. The van der Waals surface area contributed by atoms with E-state index in [-0.39, 0.29) is 22.7 Å². The minimum absolute atomic E-state index is 0.00836. The molecule has 0 spiro atoms. The summed E-state index contributed by atoms with van der Waals surface area (Å²) in [5, 5.41) is 0. The fourth-order valence-corrected chi connectivity index (χ4v) is 2.50. The van der Waals surface area contributed by atoms with Crippen LogP contribution in [0.4, 0.5) is 4.79 Å². The van der Waals surface area contributed by atoms with E-state index in [2.05, 4.69) is 15.0 Å². The number of aromatic nitrogens is 2. The van der Waals surface area contributed by atoms with Gasteiger partial charge in [0.2, 0.25) is 11.1 Å². The molecule has 154 valence electrons. The Balaban J connectivity index is 1.97. The first-order valence-corrected chi connectivity index (χ1v) is 9.06. The Bertz CT molecular complexity index is 1150. The molecule has 0 bridgehead atoms. The zero-order valence-electron chi connectivity index (χ0n) is 16.6. The van der Waals surface area contributed by atoms with Crippen molar-refractivity contribution in [3.8, 4) is 0 Å². The van der Waals surface area contributed by atoms with Gasteiger partial charge < -0.3 is 14.7 Å². The van der Waals surface area contributed by atoms with Crippen LogP contribution in [-0.4, -0.2) is 38.3 Å². The van der Waals surface area contributed by atoms with Crippen LogP contribution in [-0.2, 0) is 9.53 Å². The molecule has 3 rings (SSSR count). The largest absolute Gasteiger partial charge is 0.443 e. The van der Waals surface area contributed by atoms with Crippen LogP contribution in [0.25, 0.3) is 12.2 Å². The number of hydrogen-bond donors (Lipinski definition) is 2. The van der Waals surface area contributed by atoms with Crippen LogP contribution in [0, 0.1) is 0 Å². The molecule has 0 saturated carbocycles. The second kappa shape index (κ2) is 8.16. The summed E-state index contributed by atoms with van der Waals surface area (Å²) in [6, 6.07) is 5.79. The van der Waals surface area contributed by atoms with E-state index < -0.39 is 17.6 Å². The lowest BCUT2D eigenvalue weighted by Gasteiger charge is -2.23. The number of aliphatic imine (C=N–C) groups is 1. The van der Waals surface area contributed by atoms with Gasteiger partial charge in [-0.2, -0.15) is 4.90 Å². The predicted molar refractivity (Wildman–Crippen MR) is 112 cm³/mol. The van der Waals surface area contributed by atoms with Crippen molar-refractivity contribution in [2.75, 3.05) is 0 Å². The normalized spacial score (nSPS) is 15.7. The summed E-state index contributed by atoms with van der Waals surface area (Å²) in [7, 11) is 0. The molecule has 1 aliphatic rings. The zero-order valence-corrected chi connectivity index (χ0v) is 16.6. The number of hydrogen-bond acceptors (Lipinski definition) is 6. The van der Waals surface area contributed by atoms with Gasteiger partial charge in [-0.1, -0.05) is 0 Å². The topological polar surface area (TPSA) is 125 Å². The van der Waals surface area contributed by atoms with Gasteiger partial charge in [-0.05, 0) is 62.3 Å². The molecule has 9 heteroatoms. The molecule has 2 aromatic rings. The standard InChI is InChI=1S/C21H20N4O5/c1-21(2,3)30-20(29)25-16(7-4-13-5-8-17(26)22-11-13)24-15(19(25)28)10-14-6-9-18(27)23-12-14/h4-12H,1-3H3,(H,22,26)(H,23,27)/b7-4+,15-10-. The first kappa shape index (κ1) is 20.7. The molecule has 0 fully saturated rings. The summed E-state index contributed by atoms with van der Waals surface area (Å²) in [6.45, 7) is 5.07. The van der Waals surface area contributed by atoms with E-state index in [1.54, 1.807) is 32.9 Å². The highest BCUT2D eigenvalue weighted by Crippen LogP contribution is 2.22. The zero-order chi connectivity index (χ0) is 21.9. The number of carbonyl (C=O) groups is 2. The molecule has 2 aromatic heterocycles. The van der Waals surface area contributed by atoms with Crippen LogP contribution >= 0.6 is 0 Å². The molecule has 0 aliphatic carbocycles. The van der Waals surface area contributed by atoms with Crippen molar-refractivity contribution >= 4 is 30.0 Å². The van der Waals surface area contributed by atoms with E-state index in [0.29, 0.717) is 11.1 Å². The Morgan fingerprint density at radius 3 is 2.10 bits per heavy atom. The van der Waals surface area contributed by atoms with Crippen molar-refractivity contribution in [2.45, 2.75) is 26.4 Å². The van der Waals surface area contributed by atoms with Crippen LogP contribution in [0.15, 0.2) is 63.0 Å². The SMILES string of the molecule is CC(C)(C)OC(=O)N1C(=O)/C(=C/c2ccc(=O)[nH]c2)N=C1/C=C/c1ccc(=O)[nH]c1. The number of pyridine rings is 2. The van der Waals surface area contributed by atoms with Crippen LogP contribution in [0.3, 0.4) is 0 Å². The average Bonchev–Trinajstić information content (AvgIpc) is 2.97. The maximum absolute atomic E-state index is 12.9. The Morgan fingerprint density at radius 2 is 1.57 bits per heavy atom. The van der Waals surface area contributed by atoms with Crippen LogP contribution in [0.1, 0.15) is 31.9 Å². The number of imide groups is 1. The van der Waals surface area contributed by atoms with E-state index in [1.165, 1.54) is 42.7 Å². The van der Waals surface area contributed by atoms with Crippen molar-refractivity contribution < 1.29 is 14.3 Å². The molecule has 0 radical (unpaired) electrons. The highest BCUT2D eigenvalue weighted by Gasteiger charge is 2.37. The lowest BCUT2D eigenvalue weighted by Crippen LogP contribution is -2.41. The van der Waals surface area contributed by atoms with Crippen molar-refractivity contribution in [1.29, 1.82) is 0 Å². The first-order chi connectivity index (χ1) is 14.1. The Hall–Kier alpha value is -4.01. The average molecular weight is 408 g/mol. The van der Waals surface area contributed by atoms with Crippen LogP contribution < -0.4 is 11.1 Å². The van der Waals surface area contributed by atoms with Crippen molar-refractivity contribution in [3.05, 3.63) is 80.3 Å². The summed E-state index contributed by atoms with van der Waals surface area (Å²) >= 11 is 0. The maximum Gasteiger partial charge on any atom is 0.423 e. The molecular weight excluding hydrogens is 388 g/mol. The van der Waals surface area contributed by atoms with Crippen molar-refractivity contribution in [1.82, 2.24) is 14.9 Å². The molecule has 0 atom stereocenters. The lowest BCUT2D eigenvalue weighted by atomic mass is 10.2. The number of nitrogens with zero attached hydrogens (tertiary/aromatic N) is 2. The Kier molecular flexibility index (Phi) is 5.63. The van der Waals surface area contributed by atoms with Gasteiger partial charge in [-0.25, -0.2) is 9.79 Å². The van der Waals surface area contributed by atoms with E-state index in [9.17, 15) is 19.2 Å². The lowest BCUT2D eigenvalue weighted by molar-refractivity contribution is -0.122. The molecule has 30 heavy (non-hydrogen) atoms. The monoisotopic (exact) mass is 408 g/mol. The number of aromatic amines is 2. The molecule has 2 N–H and O–H groups in total. The van der Waals surface area contributed by atoms with Crippen LogP contribution in [0.5, 0.6) is 0 Å². The maximum atomic E-state index is 12.9. The number of amides is 2. The number of nitrogens with one attached hydrogen (secondary N) is 2. The van der Waals surface area contributed by atoms with Gasteiger partial charge >= 0.3 is 6.09 Å². The Labute approximate surface area is 171 Å². The quantitative estimate of drug-likeness (QED) is 0.754. The van der Waals surface area contributed by atoms with Crippen molar-refractivity contribution in [2.24, 2.45) is 4.99 Å². The molecular formula is C21H20N4O5. The Morgan fingerprint density at radius 1 is 0.967 bits per heavy atom. The van der Waals surface area contributed by atoms with Gasteiger partial charge in [-0.3, -0.25) is 14.4 Å². The molecule has 3 heterocycles. The minimum atomic E-state index is -0.859. The van der Waals surface area contributed by atoms with Crippen molar-refractivity contribution in [3.63, 3.8) is 0 Å². The summed E-state index contributed by atoms with van der Waals surface area (Å²) in [4.78, 5) is 58.0. The summed E-state index contributed by atoms with van der Waals surface area (Å²) in [5.41, 5.74) is -0.144. The predicted octanol–water partition coefficient (Wildman–Crippen LogP) is 2.29. The minimum Gasteiger partial charge on any atom is -0.443 e. The molecule has 2 amide bonds. The molecule has 0 saturated heterocycles. The number of ether oxygens (including phenoxy) is 1. The third-order valence-electron chi connectivity index (χ3n) is 3.81. The fourth-order valence-electron chi connectivity index (χ4n) is 2.50. The summed E-state index contributed by atoms with van der Waals surface area (Å²) in [6.07, 6.45) is 6.60. The molecule has 0 unspecified atom stereocenters. The molecule has 1 aliphatic heterocycles. The highest BCUT2D eigenvalue weighted by atomic mass is 16.6. The van der Waals surface area contributed by atoms with E-state index in [0.717, 1.165) is 4.90 Å². The van der Waals surface area contributed by atoms with Gasteiger partial charge in [0.05, 0.1) is 0 Å². The second-order valence-corrected chi connectivity index (χ2v) is 7.43. The van der Waals surface area contributed by atoms with Gasteiger partial charge in [0, 0.05) is 24.5 Å². The number of rotatable bonds is 3. The third-order valence-corrected chi connectivity index (χ3v) is 3.81. The second-order valence-electron chi connectivity index (χ2n) is 7.43. The third kappa shape index (κ3) is 5.07. The van der Waals surface area contributed by atoms with E-state index in [1.807, 2.05) is 0 Å². The first-order valence-electron chi connectivity index (χ1n) is 9.06. The fraction of sp³-hybridized carbons (Fsp3) is 0.190.